The highest BCUT2D eigenvalue weighted by Gasteiger charge is 2.61. The molecule has 80 valence electrons. The maximum absolute atomic E-state index is 11.0. The fourth-order valence-electron chi connectivity index (χ4n) is 1.89. The van der Waals surface area contributed by atoms with Gasteiger partial charge in [-0.2, -0.15) is 0 Å². The Balaban J connectivity index is 3.04. The van der Waals surface area contributed by atoms with Crippen LogP contribution in [0.25, 0.3) is 0 Å². The topological polar surface area (TPSA) is 77.8 Å². The van der Waals surface area contributed by atoms with E-state index < -0.39 is 23.0 Å². The lowest BCUT2D eigenvalue weighted by Crippen LogP contribution is -2.73. The summed E-state index contributed by atoms with van der Waals surface area (Å²) in [6.45, 7) is 5.95. The first-order valence-corrected chi connectivity index (χ1v) is 4.47. The van der Waals surface area contributed by atoms with Gasteiger partial charge < -0.3 is 10.2 Å². The second-order valence-electron chi connectivity index (χ2n) is 4.54. The van der Waals surface area contributed by atoms with E-state index in [4.69, 9.17) is 10.2 Å². The Morgan fingerprint density at radius 1 is 1.21 bits per heavy atom. The monoisotopic (exact) mass is 201 g/mol. The molecule has 1 saturated heterocycles. The van der Waals surface area contributed by atoms with E-state index in [1.54, 1.807) is 0 Å². The lowest BCUT2D eigenvalue weighted by molar-refractivity contribution is -0.187. The second kappa shape index (κ2) is 2.95. The highest BCUT2D eigenvalue weighted by atomic mass is 16.4. The van der Waals surface area contributed by atoms with Crippen LogP contribution in [-0.2, 0) is 9.59 Å². The number of aliphatic carboxylic acids is 2. The molecule has 0 aromatic rings. The number of carboxylic acids is 2. The van der Waals surface area contributed by atoms with E-state index in [0.717, 1.165) is 0 Å². The van der Waals surface area contributed by atoms with Gasteiger partial charge in [0.25, 0.3) is 0 Å². The molecule has 0 aromatic heterocycles. The first-order chi connectivity index (χ1) is 6.23. The molecule has 0 saturated carbocycles. The maximum atomic E-state index is 11.0. The summed E-state index contributed by atoms with van der Waals surface area (Å²) >= 11 is 0. The molecule has 1 rings (SSSR count). The van der Waals surface area contributed by atoms with Crippen LogP contribution in [0.2, 0.25) is 0 Å². The molecule has 0 radical (unpaired) electrons. The van der Waals surface area contributed by atoms with Gasteiger partial charge in [0, 0.05) is 18.5 Å². The number of carbonyl (C=O) groups is 2. The van der Waals surface area contributed by atoms with Gasteiger partial charge in [-0.3, -0.25) is 4.90 Å². The minimum Gasteiger partial charge on any atom is -0.479 e. The third kappa shape index (κ3) is 1.28. The molecule has 0 spiro atoms. The van der Waals surface area contributed by atoms with Gasteiger partial charge >= 0.3 is 11.9 Å². The summed E-state index contributed by atoms with van der Waals surface area (Å²) in [5.41, 5.74) is -2.15. The minimum atomic E-state index is -1.71. The maximum Gasteiger partial charge on any atom is 0.335 e. The highest BCUT2D eigenvalue weighted by molar-refractivity contribution is 6.04. The largest absolute Gasteiger partial charge is 0.479 e. The second-order valence-corrected chi connectivity index (χ2v) is 4.54. The van der Waals surface area contributed by atoms with Crippen LogP contribution in [0.15, 0.2) is 0 Å². The quantitative estimate of drug-likeness (QED) is 0.632. The molecular formula is C9H15NO4. The van der Waals surface area contributed by atoms with E-state index in [2.05, 4.69) is 0 Å². The van der Waals surface area contributed by atoms with Crippen LogP contribution in [0.1, 0.15) is 27.2 Å². The van der Waals surface area contributed by atoms with Crippen molar-refractivity contribution in [1.29, 1.82) is 0 Å². The summed E-state index contributed by atoms with van der Waals surface area (Å²) in [6, 6.07) is 0. The van der Waals surface area contributed by atoms with Crippen LogP contribution in [0, 0.1) is 0 Å². The molecule has 5 nitrogen and oxygen atoms in total. The Labute approximate surface area is 82.3 Å². The van der Waals surface area contributed by atoms with Crippen LogP contribution in [0.4, 0.5) is 0 Å². The van der Waals surface area contributed by atoms with Crippen molar-refractivity contribution in [2.24, 2.45) is 0 Å². The Kier molecular flexibility index (Phi) is 2.31. The van der Waals surface area contributed by atoms with Gasteiger partial charge in [0.05, 0.1) is 0 Å². The first kappa shape index (κ1) is 11.0. The highest BCUT2D eigenvalue weighted by Crippen LogP contribution is 2.37. The first-order valence-electron chi connectivity index (χ1n) is 4.47. The third-order valence-corrected chi connectivity index (χ3v) is 2.68. The van der Waals surface area contributed by atoms with E-state index in [1.807, 2.05) is 20.8 Å². The Morgan fingerprint density at radius 3 is 1.71 bits per heavy atom. The van der Waals surface area contributed by atoms with E-state index in [1.165, 1.54) is 4.90 Å². The summed E-state index contributed by atoms with van der Waals surface area (Å²) in [5, 5.41) is 17.9. The van der Waals surface area contributed by atoms with Crippen LogP contribution < -0.4 is 0 Å². The fraction of sp³-hybridized carbons (Fsp3) is 0.778. The zero-order valence-electron chi connectivity index (χ0n) is 8.57. The molecular weight excluding hydrogens is 186 g/mol. The van der Waals surface area contributed by atoms with Crippen LogP contribution >= 0.6 is 0 Å². The zero-order valence-corrected chi connectivity index (χ0v) is 8.57. The third-order valence-electron chi connectivity index (χ3n) is 2.68. The van der Waals surface area contributed by atoms with Crippen molar-refractivity contribution in [3.05, 3.63) is 0 Å². The minimum absolute atomic E-state index is 0.176. The standard InChI is InChI=1S/C9H15NO4/c1-8(2,3)10-5-4-9(10,6(11)12)7(13)14/h4-5H2,1-3H3,(H,11,12)(H,13,14). The number of hydrogen-bond donors (Lipinski definition) is 2. The van der Waals surface area contributed by atoms with E-state index >= 15 is 0 Å². The SMILES string of the molecule is CC(C)(C)N1CCC1(C(=O)O)C(=O)O. The predicted octanol–water partition coefficient (Wildman–Crippen LogP) is 0.399. The van der Waals surface area contributed by atoms with Gasteiger partial charge in [-0.05, 0) is 20.8 Å². The lowest BCUT2D eigenvalue weighted by atomic mass is 9.80. The number of nitrogens with zero attached hydrogens (tertiary/aromatic N) is 1. The van der Waals surface area contributed by atoms with Gasteiger partial charge in [-0.15, -0.1) is 0 Å². The van der Waals surface area contributed by atoms with Crippen molar-refractivity contribution in [2.75, 3.05) is 6.54 Å². The summed E-state index contributed by atoms with van der Waals surface area (Å²) in [7, 11) is 0. The van der Waals surface area contributed by atoms with E-state index in [0.29, 0.717) is 6.54 Å². The molecule has 0 amide bonds. The summed E-state index contributed by atoms with van der Waals surface area (Å²) in [4.78, 5) is 23.5. The molecule has 1 fully saturated rings. The normalized spacial score (nSPS) is 21.4. The van der Waals surface area contributed by atoms with Crippen molar-refractivity contribution in [2.45, 2.75) is 38.3 Å². The Morgan fingerprint density at radius 2 is 1.64 bits per heavy atom. The average Bonchev–Trinajstić information content (AvgIpc) is 1.76. The summed E-state index contributed by atoms with van der Waals surface area (Å²) in [6.07, 6.45) is 0.176. The smallest absolute Gasteiger partial charge is 0.335 e. The molecule has 0 atom stereocenters. The van der Waals surface area contributed by atoms with Crippen molar-refractivity contribution < 1.29 is 19.8 Å². The molecule has 0 bridgehead atoms. The number of rotatable bonds is 2. The molecule has 1 heterocycles. The van der Waals surface area contributed by atoms with Crippen LogP contribution in [0.3, 0.4) is 0 Å². The predicted molar refractivity (Wildman–Crippen MR) is 49.1 cm³/mol. The van der Waals surface area contributed by atoms with Gasteiger partial charge in [0.15, 0.2) is 0 Å². The van der Waals surface area contributed by atoms with Crippen molar-refractivity contribution >= 4 is 11.9 Å². The lowest BCUT2D eigenvalue weighted by Gasteiger charge is -2.53. The molecule has 0 aromatic carbocycles. The fourth-order valence-corrected chi connectivity index (χ4v) is 1.89. The van der Waals surface area contributed by atoms with E-state index in [9.17, 15) is 9.59 Å². The van der Waals surface area contributed by atoms with Gasteiger partial charge in [0.2, 0.25) is 5.54 Å². The summed E-state index contributed by atoms with van der Waals surface area (Å²) < 4.78 is 0. The average molecular weight is 201 g/mol. The number of likely N-dealkylation sites (tertiary alicyclic amines) is 1. The van der Waals surface area contributed by atoms with Crippen molar-refractivity contribution in [3.63, 3.8) is 0 Å². The van der Waals surface area contributed by atoms with Crippen LogP contribution in [-0.4, -0.2) is 44.7 Å². The van der Waals surface area contributed by atoms with Gasteiger partial charge in [0.1, 0.15) is 0 Å². The number of carboxylic acid groups (broad SMARTS) is 2. The van der Waals surface area contributed by atoms with E-state index in [-0.39, 0.29) is 6.42 Å². The van der Waals surface area contributed by atoms with Crippen molar-refractivity contribution in [3.8, 4) is 0 Å². The molecule has 14 heavy (non-hydrogen) atoms. The van der Waals surface area contributed by atoms with Gasteiger partial charge in [-0.1, -0.05) is 0 Å². The molecule has 2 N–H and O–H groups in total. The van der Waals surface area contributed by atoms with Crippen LogP contribution in [0.5, 0.6) is 0 Å². The Hall–Kier alpha value is -1.10. The molecule has 1 aliphatic heterocycles. The van der Waals surface area contributed by atoms with Crippen molar-refractivity contribution in [1.82, 2.24) is 4.90 Å². The zero-order chi connectivity index (χ0) is 11.1. The Bertz CT molecular complexity index is 265. The summed E-state index contributed by atoms with van der Waals surface area (Å²) in [5.74, 6) is -2.54. The molecule has 5 heteroatoms. The van der Waals surface area contributed by atoms with Gasteiger partial charge in [-0.25, -0.2) is 9.59 Å². The molecule has 0 aliphatic carbocycles. The molecule has 1 aliphatic rings. The molecule has 0 unspecified atom stereocenters. The number of hydrogen-bond acceptors (Lipinski definition) is 3.